The molecule has 1 fully saturated rings. The van der Waals surface area contributed by atoms with E-state index in [-0.39, 0.29) is 12.5 Å². The zero-order valence-corrected chi connectivity index (χ0v) is 37.8. The molecule has 0 aliphatic carbocycles. The third-order valence-electron chi connectivity index (χ3n) is 12.1. The molecule has 0 spiro atoms. The summed E-state index contributed by atoms with van der Waals surface area (Å²) in [6.07, 6.45) is 39.7. The molecular weight excluding hydrogens is 731 g/mol. The van der Waals surface area contributed by atoms with Crippen molar-refractivity contribution in [2.24, 2.45) is 0 Å². The Hall–Kier alpha value is -1.07. The highest BCUT2D eigenvalue weighted by atomic mass is 16.7. The van der Waals surface area contributed by atoms with Gasteiger partial charge in [0.25, 0.3) is 0 Å². The highest BCUT2D eigenvalue weighted by molar-refractivity contribution is 5.76. The number of allylic oxidation sites excluding steroid dienone is 1. The minimum atomic E-state index is -1.56. The van der Waals surface area contributed by atoms with Crippen LogP contribution in [-0.4, -0.2) is 87.5 Å². The Morgan fingerprint density at radius 1 is 0.569 bits per heavy atom. The number of carbonyl (C=O) groups is 1. The van der Waals surface area contributed by atoms with Gasteiger partial charge in [0.05, 0.1) is 25.4 Å². The lowest BCUT2D eigenvalue weighted by Gasteiger charge is -2.40. The summed E-state index contributed by atoms with van der Waals surface area (Å²) in [5, 5.41) is 54.3. The van der Waals surface area contributed by atoms with Gasteiger partial charge in [-0.2, -0.15) is 0 Å². The molecule has 344 valence electrons. The van der Waals surface area contributed by atoms with Gasteiger partial charge in [-0.25, -0.2) is 0 Å². The van der Waals surface area contributed by atoms with Crippen molar-refractivity contribution >= 4 is 5.91 Å². The minimum Gasteiger partial charge on any atom is -0.394 e. The number of amides is 1. The lowest BCUT2D eigenvalue weighted by Crippen LogP contribution is -2.60. The van der Waals surface area contributed by atoms with Gasteiger partial charge in [0.15, 0.2) is 6.29 Å². The summed E-state index contributed by atoms with van der Waals surface area (Å²) >= 11 is 0. The summed E-state index contributed by atoms with van der Waals surface area (Å²) in [5.74, 6) is -0.172. The molecule has 1 amide bonds. The smallest absolute Gasteiger partial charge is 0.220 e. The van der Waals surface area contributed by atoms with E-state index in [1.807, 2.05) is 6.08 Å². The van der Waals surface area contributed by atoms with E-state index < -0.39 is 49.5 Å². The van der Waals surface area contributed by atoms with E-state index in [1.54, 1.807) is 6.08 Å². The fourth-order valence-electron chi connectivity index (χ4n) is 8.10. The topological polar surface area (TPSA) is 149 Å². The number of aliphatic hydroxyl groups is 5. The monoisotopic (exact) mass is 826 g/mol. The van der Waals surface area contributed by atoms with Gasteiger partial charge in [-0.3, -0.25) is 4.79 Å². The molecule has 0 saturated carbocycles. The van der Waals surface area contributed by atoms with Crippen LogP contribution in [-0.2, 0) is 14.3 Å². The minimum absolute atomic E-state index is 0.172. The van der Waals surface area contributed by atoms with Gasteiger partial charge in [-0.05, 0) is 19.3 Å². The average Bonchev–Trinajstić information content (AvgIpc) is 3.22. The molecule has 2 unspecified atom stereocenters. The molecule has 1 rings (SSSR count). The molecule has 58 heavy (non-hydrogen) atoms. The largest absolute Gasteiger partial charge is 0.394 e. The zero-order valence-electron chi connectivity index (χ0n) is 37.8. The third-order valence-corrected chi connectivity index (χ3v) is 12.1. The van der Waals surface area contributed by atoms with Crippen LogP contribution >= 0.6 is 0 Å². The Balaban J connectivity index is 2.30. The molecule has 0 aromatic heterocycles. The summed E-state index contributed by atoms with van der Waals surface area (Å²) in [4.78, 5) is 13.0. The van der Waals surface area contributed by atoms with Crippen LogP contribution in [0.25, 0.3) is 0 Å². The predicted molar refractivity (Wildman–Crippen MR) is 240 cm³/mol. The predicted octanol–water partition coefficient (Wildman–Crippen LogP) is 10.9. The number of unbranched alkanes of at least 4 members (excludes halogenated alkanes) is 32. The maximum atomic E-state index is 13.0. The van der Waals surface area contributed by atoms with E-state index in [0.29, 0.717) is 6.42 Å². The Bertz CT molecular complexity index is 919. The molecule has 1 heterocycles. The average molecular weight is 826 g/mol. The Morgan fingerprint density at radius 3 is 1.34 bits per heavy atom. The van der Waals surface area contributed by atoms with Crippen molar-refractivity contribution in [3.63, 3.8) is 0 Å². The van der Waals surface area contributed by atoms with Crippen molar-refractivity contribution < 1.29 is 39.8 Å². The quantitative estimate of drug-likeness (QED) is 0.0263. The fraction of sp³-hybridized carbons (Fsp3) is 0.939. The standard InChI is InChI=1S/C49H95NO8/c1-3-5-7-9-11-13-15-17-19-21-22-23-25-27-29-31-33-35-37-39-45(53)50-42(41-57-49-48(56)47(55)46(54)44(40-51)58-49)43(52)38-36-34-32-30-28-26-24-20-18-16-14-12-10-8-6-4-2/h36,38,42-44,46-49,51-52,54-56H,3-35,37,39-41H2,1-2H3,(H,50,53)/b38-36+/t42-,43+,44+,46-,47?,48?,49+/m0/s1. The molecule has 0 bridgehead atoms. The maximum Gasteiger partial charge on any atom is 0.220 e. The Kier molecular flexibility index (Phi) is 37.9. The van der Waals surface area contributed by atoms with Crippen molar-refractivity contribution in [1.82, 2.24) is 5.32 Å². The second-order valence-corrected chi connectivity index (χ2v) is 17.6. The van der Waals surface area contributed by atoms with Crippen molar-refractivity contribution in [3.8, 4) is 0 Å². The highest BCUT2D eigenvalue weighted by Gasteiger charge is 2.44. The SMILES string of the molecule is CCCCCCCCCCCCCCCC/C=C/[C@@H](O)[C@H](CO[C@@H]1O[C@H](CO)[C@H](O)C(O)C1O)NC(=O)CCCCCCCCCCCCCCCCCCCCC. The first-order valence-electron chi connectivity index (χ1n) is 24.9. The number of hydrogen-bond donors (Lipinski definition) is 6. The Morgan fingerprint density at radius 2 is 0.948 bits per heavy atom. The third kappa shape index (κ3) is 30.0. The zero-order chi connectivity index (χ0) is 42.3. The van der Waals surface area contributed by atoms with Gasteiger partial charge in [0.1, 0.15) is 24.4 Å². The van der Waals surface area contributed by atoms with E-state index in [1.165, 1.54) is 180 Å². The van der Waals surface area contributed by atoms with Crippen molar-refractivity contribution in [2.45, 2.75) is 281 Å². The maximum absolute atomic E-state index is 13.0. The van der Waals surface area contributed by atoms with Crippen molar-refractivity contribution in [2.75, 3.05) is 13.2 Å². The van der Waals surface area contributed by atoms with Crippen molar-refractivity contribution in [1.29, 1.82) is 0 Å². The lowest BCUT2D eigenvalue weighted by molar-refractivity contribution is -0.302. The second kappa shape index (κ2) is 40.0. The molecule has 0 aromatic carbocycles. The van der Waals surface area contributed by atoms with Crippen LogP contribution in [0.5, 0.6) is 0 Å². The van der Waals surface area contributed by atoms with Crippen LogP contribution < -0.4 is 5.32 Å². The lowest BCUT2D eigenvalue weighted by atomic mass is 9.99. The Labute approximate surface area is 356 Å². The molecule has 9 heteroatoms. The molecular formula is C49H95NO8. The number of carbonyl (C=O) groups excluding carboxylic acids is 1. The summed E-state index contributed by atoms with van der Waals surface area (Å²) in [7, 11) is 0. The number of aliphatic hydroxyl groups excluding tert-OH is 5. The number of rotatable bonds is 42. The van der Waals surface area contributed by atoms with Crippen LogP contribution in [0.1, 0.15) is 239 Å². The molecule has 1 saturated heterocycles. The van der Waals surface area contributed by atoms with E-state index in [0.717, 1.165) is 38.5 Å². The molecule has 6 N–H and O–H groups in total. The number of hydrogen-bond acceptors (Lipinski definition) is 8. The second-order valence-electron chi connectivity index (χ2n) is 17.6. The first kappa shape index (κ1) is 54.9. The fourth-order valence-corrected chi connectivity index (χ4v) is 8.10. The van der Waals surface area contributed by atoms with Crippen LogP contribution in [0.15, 0.2) is 12.2 Å². The molecule has 9 nitrogen and oxygen atoms in total. The van der Waals surface area contributed by atoms with E-state index in [2.05, 4.69) is 19.2 Å². The van der Waals surface area contributed by atoms with Gasteiger partial charge in [-0.1, -0.05) is 225 Å². The van der Waals surface area contributed by atoms with Gasteiger partial charge in [0, 0.05) is 6.42 Å². The molecule has 0 aromatic rings. The van der Waals surface area contributed by atoms with E-state index >= 15 is 0 Å². The molecule has 1 aliphatic rings. The summed E-state index contributed by atoms with van der Waals surface area (Å²) in [6.45, 7) is 3.80. The van der Waals surface area contributed by atoms with Gasteiger partial charge in [0.2, 0.25) is 5.91 Å². The highest BCUT2D eigenvalue weighted by Crippen LogP contribution is 2.23. The van der Waals surface area contributed by atoms with E-state index in [9.17, 15) is 30.3 Å². The number of nitrogens with one attached hydrogen (secondary N) is 1. The van der Waals surface area contributed by atoms with Crippen LogP contribution in [0.3, 0.4) is 0 Å². The molecule has 1 aliphatic heterocycles. The van der Waals surface area contributed by atoms with Gasteiger partial charge < -0.3 is 40.3 Å². The van der Waals surface area contributed by atoms with Crippen LogP contribution in [0, 0.1) is 0 Å². The summed E-state index contributed by atoms with van der Waals surface area (Å²) in [5.41, 5.74) is 0. The van der Waals surface area contributed by atoms with E-state index in [4.69, 9.17) is 9.47 Å². The van der Waals surface area contributed by atoms with Gasteiger partial charge in [-0.15, -0.1) is 0 Å². The summed E-state index contributed by atoms with van der Waals surface area (Å²) < 4.78 is 11.2. The van der Waals surface area contributed by atoms with Crippen LogP contribution in [0.2, 0.25) is 0 Å². The van der Waals surface area contributed by atoms with Gasteiger partial charge >= 0.3 is 0 Å². The first-order chi connectivity index (χ1) is 28.3. The molecule has 0 radical (unpaired) electrons. The van der Waals surface area contributed by atoms with Crippen molar-refractivity contribution in [3.05, 3.63) is 12.2 Å². The van der Waals surface area contributed by atoms with Crippen LogP contribution in [0.4, 0.5) is 0 Å². The molecule has 7 atom stereocenters. The number of ether oxygens (including phenoxy) is 2. The summed E-state index contributed by atoms with van der Waals surface area (Å²) in [6, 6.07) is -0.798. The first-order valence-corrected chi connectivity index (χ1v) is 24.9. The normalized spacial score (nSPS) is 20.8.